The Morgan fingerprint density at radius 2 is 2.00 bits per heavy atom. The summed E-state index contributed by atoms with van der Waals surface area (Å²) in [6, 6.07) is 0.572. The Labute approximate surface area is 97.3 Å². The van der Waals surface area contributed by atoms with E-state index < -0.39 is 25.9 Å². The zero-order valence-electron chi connectivity index (χ0n) is 7.81. The van der Waals surface area contributed by atoms with Crippen LogP contribution in [0.15, 0.2) is 23.5 Å². The van der Waals surface area contributed by atoms with Crippen LogP contribution in [-0.2, 0) is 15.2 Å². The van der Waals surface area contributed by atoms with Crippen LogP contribution in [0.2, 0.25) is 0 Å². The number of halogens is 4. The maximum Gasteiger partial charge on any atom is 0.435 e. The van der Waals surface area contributed by atoms with Crippen LogP contribution in [0.25, 0.3) is 5.52 Å². The molecule has 0 fully saturated rings. The molecule has 17 heavy (non-hydrogen) atoms. The Morgan fingerprint density at radius 3 is 2.53 bits per heavy atom. The van der Waals surface area contributed by atoms with Crippen LogP contribution in [0.4, 0.5) is 13.2 Å². The molecular formula is C7H3ClF3N3O2S. The number of hydrogen-bond donors (Lipinski definition) is 0. The minimum absolute atomic E-state index is 0.324. The third kappa shape index (κ3) is 2.20. The number of hydrogen-bond acceptors (Lipinski definition) is 4. The molecule has 0 aliphatic rings. The van der Waals surface area contributed by atoms with Gasteiger partial charge in [-0.2, -0.15) is 18.3 Å². The van der Waals surface area contributed by atoms with Crippen LogP contribution in [0.1, 0.15) is 5.69 Å². The number of aromatic nitrogens is 3. The maximum atomic E-state index is 12.4. The summed E-state index contributed by atoms with van der Waals surface area (Å²) < 4.78 is 60.1. The molecule has 0 aromatic carbocycles. The summed E-state index contributed by atoms with van der Waals surface area (Å²) in [7, 11) is 0.820. The van der Waals surface area contributed by atoms with E-state index in [0.717, 1.165) is 16.9 Å². The highest BCUT2D eigenvalue weighted by atomic mass is 35.7. The first-order valence-electron chi connectivity index (χ1n) is 4.06. The second-order valence-corrected chi connectivity index (χ2v) is 5.51. The quantitative estimate of drug-likeness (QED) is 0.748. The summed E-state index contributed by atoms with van der Waals surface area (Å²) in [5.41, 5.74) is -1.54. The first-order chi connectivity index (χ1) is 7.69. The molecule has 0 unspecified atom stereocenters. The number of fused-ring (bicyclic) bond motifs is 1. The number of alkyl halides is 3. The standard InChI is InChI=1S/C7H3ClF3N3O2S/c8-17(15,16)6-4-3-5(7(9,10)11)13-14(4)2-1-12-6/h1-3H. The molecule has 2 rings (SSSR count). The molecule has 2 aromatic heterocycles. The van der Waals surface area contributed by atoms with Crippen molar-refractivity contribution >= 4 is 25.2 Å². The Hall–Kier alpha value is -1.35. The topological polar surface area (TPSA) is 64.3 Å². The van der Waals surface area contributed by atoms with Crippen molar-refractivity contribution in [3.8, 4) is 0 Å². The van der Waals surface area contributed by atoms with Crippen LogP contribution >= 0.6 is 10.7 Å². The third-order valence-corrected chi connectivity index (χ3v) is 3.09. The third-order valence-electron chi connectivity index (χ3n) is 1.88. The minimum atomic E-state index is -4.67. The van der Waals surface area contributed by atoms with E-state index in [0.29, 0.717) is 6.07 Å². The van der Waals surface area contributed by atoms with Crippen LogP contribution in [-0.4, -0.2) is 23.0 Å². The maximum absolute atomic E-state index is 12.4. The van der Waals surface area contributed by atoms with Crippen molar-refractivity contribution in [2.24, 2.45) is 0 Å². The van der Waals surface area contributed by atoms with E-state index in [1.807, 2.05) is 0 Å². The average molecular weight is 286 g/mol. The molecule has 0 aliphatic heterocycles. The fraction of sp³-hybridized carbons (Fsp3) is 0.143. The highest BCUT2D eigenvalue weighted by Gasteiger charge is 2.35. The van der Waals surface area contributed by atoms with Crippen LogP contribution in [0, 0.1) is 0 Å². The molecule has 0 saturated heterocycles. The van der Waals surface area contributed by atoms with Crippen LogP contribution < -0.4 is 0 Å². The second-order valence-electron chi connectivity index (χ2n) is 3.03. The first kappa shape index (κ1) is 12.1. The SMILES string of the molecule is O=S(=O)(Cl)c1nccn2nc(C(F)(F)F)cc12. The molecule has 0 saturated carbocycles. The van der Waals surface area contributed by atoms with Crippen molar-refractivity contribution in [3.05, 3.63) is 24.2 Å². The van der Waals surface area contributed by atoms with Gasteiger partial charge in [-0.05, 0) is 6.07 Å². The lowest BCUT2D eigenvalue weighted by Gasteiger charge is -1.98. The van der Waals surface area contributed by atoms with Crippen LogP contribution in [0.3, 0.4) is 0 Å². The molecule has 10 heteroatoms. The van der Waals surface area contributed by atoms with Gasteiger partial charge in [0.2, 0.25) is 0 Å². The monoisotopic (exact) mass is 285 g/mol. The lowest BCUT2D eigenvalue weighted by molar-refractivity contribution is -0.141. The van der Waals surface area contributed by atoms with Gasteiger partial charge in [-0.15, -0.1) is 0 Å². The van der Waals surface area contributed by atoms with Gasteiger partial charge in [0.05, 0.1) is 0 Å². The fourth-order valence-corrected chi connectivity index (χ4v) is 2.17. The summed E-state index contributed by atoms with van der Waals surface area (Å²) in [4.78, 5) is 3.43. The highest BCUT2D eigenvalue weighted by molar-refractivity contribution is 8.13. The van der Waals surface area contributed by atoms with Gasteiger partial charge < -0.3 is 0 Å². The Kier molecular flexibility index (Phi) is 2.54. The zero-order chi connectivity index (χ0) is 12.8. The van der Waals surface area contributed by atoms with Gasteiger partial charge in [-0.1, -0.05) is 0 Å². The normalized spacial score (nSPS) is 13.2. The zero-order valence-corrected chi connectivity index (χ0v) is 9.38. The molecule has 92 valence electrons. The van der Waals surface area contributed by atoms with Crippen molar-refractivity contribution in [1.82, 2.24) is 14.6 Å². The van der Waals surface area contributed by atoms with E-state index in [2.05, 4.69) is 10.1 Å². The predicted molar refractivity (Wildman–Crippen MR) is 51.0 cm³/mol. The Bertz CT molecular complexity index is 679. The van der Waals surface area contributed by atoms with Gasteiger partial charge in [-0.3, -0.25) is 0 Å². The van der Waals surface area contributed by atoms with E-state index in [1.54, 1.807) is 0 Å². The number of nitrogens with zero attached hydrogens (tertiary/aromatic N) is 3. The Balaban J connectivity index is 2.79. The smallest absolute Gasteiger partial charge is 0.240 e. The summed E-state index contributed by atoms with van der Waals surface area (Å²) in [5.74, 6) is 0. The van der Waals surface area contributed by atoms with Crippen molar-refractivity contribution in [2.45, 2.75) is 11.2 Å². The summed E-state index contributed by atoms with van der Waals surface area (Å²) in [6.45, 7) is 0. The van der Waals surface area contributed by atoms with E-state index in [1.165, 1.54) is 0 Å². The fourth-order valence-electron chi connectivity index (χ4n) is 1.22. The van der Waals surface area contributed by atoms with Gasteiger partial charge in [0.25, 0.3) is 9.05 Å². The van der Waals surface area contributed by atoms with Gasteiger partial charge in [0.15, 0.2) is 10.7 Å². The molecule has 0 N–H and O–H groups in total. The van der Waals surface area contributed by atoms with Crippen molar-refractivity contribution < 1.29 is 21.6 Å². The molecule has 0 radical (unpaired) electrons. The Morgan fingerprint density at radius 1 is 1.35 bits per heavy atom. The van der Waals surface area contributed by atoms with E-state index in [-0.39, 0.29) is 5.52 Å². The van der Waals surface area contributed by atoms with E-state index in [9.17, 15) is 21.6 Å². The largest absolute Gasteiger partial charge is 0.435 e. The molecule has 0 bridgehead atoms. The molecular weight excluding hydrogens is 283 g/mol. The number of rotatable bonds is 1. The van der Waals surface area contributed by atoms with Crippen LogP contribution in [0.5, 0.6) is 0 Å². The minimum Gasteiger partial charge on any atom is -0.240 e. The van der Waals surface area contributed by atoms with Gasteiger partial charge >= 0.3 is 6.18 Å². The highest BCUT2D eigenvalue weighted by Crippen LogP contribution is 2.30. The van der Waals surface area contributed by atoms with E-state index >= 15 is 0 Å². The van der Waals surface area contributed by atoms with Crippen molar-refractivity contribution in [3.63, 3.8) is 0 Å². The lowest BCUT2D eigenvalue weighted by Crippen LogP contribution is -2.05. The molecule has 0 amide bonds. The molecule has 0 aliphatic carbocycles. The molecule has 0 spiro atoms. The molecule has 5 nitrogen and oxygen atoms in total. The van der Waals surface area contributed by atoms with Crippen molar-refractivity contribution in [1.29, 1.82) is 0 Å². The molecule has 2 aromatic rings. The van der Waals surface area contributed by atoms with E-state index in [4.69, 9.17) is 10.7 Å². The summed E-state index contributed by atoms with van der Waals surface area (Å²) in [5, 5.41) is 2.52. The molecule has 2 heterocycles. The molecule has 0 atom stereocenters. The van der Waals surface area contributed by atoms with Gasteiger partial charge in [0.1, 0.15) is 5.52 Å². The average Bonchev–Trinajstić information content (AvgIpc) is 2.57. The second kappa shape index (κ2) is 3.57. The van der Waals surface area contributed by atoms with Gasteiger partial charge in [-0.25, -0.2) is 17.9 Å². The summed E-state index contributed by atoms with van der Waals surface area (Å²) >= 11 is 0. The predicted octanol–water partition coefficient (Wildman–Crippen LogP) is 1.68. The summed E-state index contributed by atoms with van der Waals surface area (Å²) in [6.07, 6.45) is -2.58. The van der Waals surface area contributed by atoms with Crippen molar-refractivity contribution in [2.75, 3.05) is 0 Å². The van der Waals surface area contributed by atoms with Gasteiger partial charge in [0, 0.05) is 23.1 Å². The first-order valence-corrected chi connectivity index (χ1v) is 6.37. The lowest BCUT2D eigenvalue weighted by atomic mass is 10.4.